The third kappa shape index (κ3) is 5.70. The summed E-state index contributed by atoms with van der Waals surface area (Å²) < 4.78 is 9.53. The van der Waals surface area contributed by atoms with E-state index in [2.05, 4.69) is 4.74 Å². The summed E-state index contributed by atoms with van der Waals surface area (Å²) in [5.74, 6) is -0.624. The van der Waals surface area contributed by atoms with Crippen LogP contribution >= 0.6 is 0 Å². The Hall–Kier alpha value is -1.10. The highest BCUT2D eigenvalue weighted by molar-refractivity contribution is 5.76. The van der Waals surface area contributed by atoms with Gasteiger partial charge in [-0.15, -0.1) is 0 Å². The van der Waals surface area contributed by atoms with Gasteiger partial charge in [-0.25, -0.2) is 0 Å². The Balaban J connectivity index is 4.12. The number of rotatable bonds is 7. The summed E-state index contributed by atoms with van der Waals surface area (Å²) in [7, 11) is 2.97. The summed E-state index contributed by atoms with van der Waals surface area (Å²) in [5, 5.41) is 0. The lowest BCUT2D eigenvalue weighted by Gasteiger charge is -2.23. The van der Waals surface area contributed by atoms with Gasteiger partial charge in [0, 0.05) is 33.7 Å². The minimum atomic E-state index is -0.295. The first kappa shape index (κ1) is 14.9. The molecule has 0 saturated carbocycles. The van der Waals surface area contributed by atoms with E-state index in [1.165, 1.54) is 14.0 Å². The number of nitrogens with zero attached hydrogens (tertiary/aromatic N) is 1. The first-order valence-corrected chi connectivity index (χ1v) is 5.35. The number of esters is 1. The fraction of sp³-hybridized carbons (Fsp3) is 0.818. The van der Waals surface area contributed by atoms with E-state index in [9.17, 15) is 9.59 Å². The molecule has 5 nitrogen and oxygen atoms in total. The van der Waals surface area contributed by atoms with Crippen molar-refractivity contribution in [2.45, 2.75) is 20.3 Å². The SMILES string of the molecule is COCCCN(CC(C)C(=O)OC)C(C)=O. The topological polar surface area (TPSA) is 55.8 Å². The Labute approximate surface area is 96.7 Å². The highest BCUT2D eigenvalue weighted by Gasteiger charge is 2.18. The van der Waals surface area contributed by atoms with Crippen LogP contribution in [0.3, 0.4) is 0 Å². The molecule has 0 aliphatic rings. The summed E-state index contributed by atoms with van der Waals surface area (Å²) in [6.07, 6.45) is 0.768. The zero-order valence-electron chi connectivity index (χ0n) is 10.5. The maximum atomic E-state index is 11.3. The van der Waals surface area contributed by atoms with Crippen molar-refractivity contribution in [3.8, 4) is 0 Å². The Morgan fingerprint density at radius 3 is 2.38 bits per heavy atom. The molecule has 0 heterocycles. The molecular weight excluding hydrogens is 210 g/mol. The molecule has 1 amide bonds. The average molecular weight is 231 g/mol. The normalized spacial score (nSPS) is 12.0. The minimum Gasteiger partial charge on any atom is -0.469 e. The average Bonchev–Trinajstić information content (AvgIpc) is 2.26. The molecule has 5 heteroatoms. The van der Waals surface area contributed by atoms with Crippen LogP contribution in [0, 0.1) is 5.92 Å². The van der Waals surface area contributed by atoms with Gasteiger partial charge in [0.25, 0.3) is 0 Å². The van der Waals surface area contributed by atoms with E-state index in [0.717, 1.165) is 6.42 Å². The van der Waals surface area contributed by atoms with Crippen LogP contribution in [0.1, 0.15) is 20.3 Å². The number of hydrogen-bond donors (Lipinski definition) is 0. The standard InChI is InChI=1S/C11H21NO4/c1-9(11(14)16-4)8-12(10(2)13)6-5-7-15-3/h9H,5-8H2,1-4H3. The summed E-state index contributed by atoms with van der Waals surface area (Å²) in [6.45, 7) is 4.85. The second kappa shape index (κ2) is 8.10. The number of ether oxygens (including phenoxy) is 2. The molecule has 0 fully saturated rings. The summed E-state index contributed by atoms with van der Waals surface area (Å²) in [6, 6.07) is 0. The molecule has 0 aliphatic carbocycles. The van der Waals surface area contributed by atoms with Crippen molar-refractivity contribution in [2.75, 3.05) is 33.9 Å². The molecule has 1 atom stereocenters. The Bertz CT molecular complexity index is 230. The van der Waals surface area contributed by atoms with Crippen LogP contribution in [0.15, 0.2) is 0 Å². The molecule has 0 aromatic rings. The lowest BCUT2D eigenvalue weighted by molar-refractivity contribution is -0.146. The summed E-state index contributed by atoms with van der Waals surface area (Å²) in [5.41, 5.74) is 0. The number of carbonyl (C=O) groups excluding carboxylic acids is 2. The largest absolute Gasteiger partial charge is 0.469 e. The van der Waals surface area contributed by atoms with E-state index in [4.69, 9.17) is 4.74 Å². The van der Waals surface area contributed by atoms with Gasteiger partial charge in [0.1, 0.15) is 0 Å². The van der Waals surface area contributed by atoms with E-state index in [0.29, 0.717) is 19.7 Å². The zero-order chi connectivity index (χ0) is 12.6. The molecule has 0 N–H and O–H groups in total. The van der Waals surface area contributed by atoms with Crippen LogP contribution in [0.2, 0.25) is 0 Å². The molecule has 16 heavy (non-hydrogen) atoms. The Morgan fingerprint density at radius 2 is 1.94 bits per heavy atom. The van der Waals surface area contributed by atoms with Crippen LogP contribution in [0.5, 0.6) is 0 Å². The van der Waals surface area contributed by atoms with E-state index in [1.807, 2.05) is 0 Å². The van der Waals surface area contributed by atoms with Gasteiger partial charge in [0.05, 0.1) is 13.0 Å². The van der Waals surface area contributed by atoms with Crippen LogP contribution in [-0.4, -0.2) is 50.7 Å². The van der Waals surface area contributed by atoms with Crippen LogP contribution in [-0.2, 0) is 19.1 Å². The lowest BCUT2D eigenvalue weighted by Crippen LogP contribution is -2.36. The minimum absolute atomic E-state index is 0.0353. The number of amides is 1. The van der Waals surface area contributed by atoms with Crippen LogP contribution in [0.25, 0.3) is 0 Å². The Morgan fingerprint density at radius 1 is 1.31 bits per heavy atom. The molecule has 0 rings (SSSR count). The fourth-order valence-electron chi connectivity index (χ4n) is 1.38. The van der Waals surface area contributed by atoms with Crippen molar-refractivity contribution in [2.24, 2.45) is 5.92 Å². The maximum absolute atomic E-state index is 11.3. The van der Waals surface area contributed by atoms with Crippen LogP contribution in [0.4, 0.5) is 0 Å². The molecule has 0 radical (unpaired) electrons. The molecule has 94 valence electrons. The van der Waals surface area contributed by atoms with Gasteiger partial charge < -0.3 is 14.4 Å². The van der Waals surface area contributed by atoms with Crippen molar-refractivity contribution in [3.63, 3.8) is 0 Å². The second-order valence-corrected chi connectivity index (χ2v) is 3.74. The first-order chi connectivity index (χ1) is 7.52. The van der Waals surface area contributed by atoms with Gasteiger partial charge in [-0.3, -0.25) is 9.59 Å². The predicted molar refractivity (Wildman–Crippen MR) is 59.9 cm³/mol. The van der Waals surface area contributed by atoms with Gasteiger partial charge in [-0.2, -0.15) is 0 Å². The monoisotopic (exact) mass is 231 g/mol. The highest BCUT2D eigenvalue weighted by Crippen LogP contribution is 2.03. The number of carbonyl (C=O) groups is 2. The van der Waals surface area contributed by atoms with Gasteiger partial charge in [-0.05, 0) is 6.42 Å². The third-order valence-corrected chi connectivity index (χ3v) is 2.32. The zero-order valence-corrected chi connectivity index (χ0v) is 10.5. The molecule has 0 spiro atoms. The molecule has 0 saturated heterocycles. The molecule has 0 aromatic heterocycles. The predicted octanol–water partition coefficient (Wildman–Crippen LogP) is 0.681. The maximum Gasteiger partial charge on any atom is 0.310 e. The summed E-state index contributed by atoms with van der Waals surface area (Å²) >= 11 is 0. The second-order valence-electron chi connectivity index (χ2n) is 3.74. The lowest BCUT2D eigenvalue weighted by atomic mass is 10.1. The quantitative estimate of drug-likeness (QED) is 0.477. The molecule has 0 aliphatic heterocycles. The third-order valence-electron chi connectivity index (χ3n) is 2.32. The highest BCUT2D eigenvalue weighted by atomic mass is 16.5. The van der Waals surface area contributed by atoms with E-state index < -0.39 is 0 Å². The molecule has 0 bridgehead atoms. The summed E-state index contributed by atoms with van der Waals surface area (Å²) in [4.78, 5) is 24.2. The van der Waals surface area contributed by atoms with Crippen LogP contribution < -0.4 is 0 Å². The number of hydrogen-bond acceptors (Lipinski definition) is 4. The fourth-order valence-corrected chi connectivity index (χ4v) is 1.38. The van der Waals surface area contributed by atoms with Crippen molar-refractivity contribution in [1.29, 1.82) is 0 Å². The van der Waals surface area contributed by atoms with Gasteiger partial charge in [0.2, 0.25) is 5.91 Å². The molecule has 1 unspecified atom stereocenters. The first-order valence-electron chi connectivity index (χ1n) is 5.35. The van der Waals surface area contributed by atoms with Gasteiger partial charge >= 0.3 is 5.97 Å². The van der Waals surface area contributed by atoms with Crippen molar-refractivity contribution < 1.29 is 19.1 Å². The van der Waals surface area contributed by atoms with Crippen molar-refractivity contribution in [3.05, 3.63) is 0 Å². The molecular formula is C11H21NO4. The van der Waals surface area contributed by atoms with E-state index >= 15 is 0 Å². The smallest absolute Gasteiger partial charge is 0.310 e. The van der Waals surface area contributed by atoms with Gasteiger partial charge in [-0.1, -0.05) is 6.92 Å². The van der Waals surface area contributed by atoms with E-state index in [1.54, 1.807) is 18.9 Å². The molecule has 0 aromatic carbocycles. The Kier molecular flexibility index (Phi) is 7.54. The van der Waals surface area contributed by atoms with Crippen molar-refractivity contribution >= 4 is 11.9 Å². The number of methoxy groups -OCH3 is 2. The van der Waals surface area contributed by atoms with Crippen molar-refractivity contribution in [1.82, 2.24) is 4.90 Å². The van der Waals surface area contributed by atoms with Gasteiger partial charge in [0.15, 0.2) is 0 Å². The van der Waals surface area contributed by atoms with E-state index in [-0.39, 0.29) is 17.8 Å².